The van der Waals surface area contributed by atoms with Gasteiger partial charge in [0.25, 0.3) is 0 Å². The molecule has 0 saturated heterocycles. The summed E-state index contributed by atoms with van der Waals surface area (Å²) in [5.41, 5.74) is 13.0. The number of hydrogen-bond donors (Lipinski definition) is 2. The predicted molar refractivity (Wildman–Crippen MR) is 134 cm³/mol. The predicted octanol–water partition coefficient (Wildman–Crippen LogP) is 8.10. The van der Waals surface area contributed by atoms with Crippen LogP contribution in [-0.2, 0) is 10.8 Å². The van der Waals surface area contributed by atoms with Crippen molar-refractivity contribution in [1.82, 2.24) is 0 Å². The number of benzene rings is 2. The van der Waals surface area contributed by atoms with E-state index in [4.69, 9.17) is 5.73 Å². The smallest absolute Gasteiger partial charge is 0.135 e. The first-order valence-corrected chi connectivity index (χ1v) is 11.4. The molecule has 0 aromatic heterocycles. The maximum Gasteiger partial charge on any atom is 0.135 e. The van der Waals surface area contributed by atoms with Gasteiger partial charge in [0.05, 0.1) is 0 Å². The fraction of sp³-hybridized carbons (Fsp3) is 0.429. The summed E-state index contributed by atoms with van der Waals surface area (Å²) in [4.78, 5) is 0. The summed E-state index contributed by atoms with van der Waals surface area (Å²) in [5.74, 6) is -1.24. The average molecular weight is 439 g/mol. The molecule has 3 N–H and O–H groups in total. The van der Waals surface area contributed by atoms with Gasteiger partial charge < -0.3 is 11.1 Å². The molecule has 2 nitrogen and oxygen atoms in total. The maximum absolute atomic E-state index is 14.7. The normalized spacial score (nSPS) is 16.4. The van der Waals surface area contributed by atoms with Gasteiger partial charge in [-0.3, -0.25) is 0 Å². The van der Waals surface area contributed by atoms with Crippen LogP contribution >= 0.6 is 0 Å². The van der Waals surface area contributed by atoms with Gasteiger partial charge in [0.2, 0.25) is 0 Å². The van der Waals surface area contributed by atoms with Crippen molar-refractivity contribution in [3.05, 3.63) is 70.8 Å². The lowest BCUT2D eigenvalue weighted by Gasteiger charge is -2.43. The Kier molecular flexibility index (Phi) is 6.29. The minimum Gasteiger partial charge on any atom is -0.398 e. The van der Waals surface area contributed by atoms with Crippen molar-refractivity contribution in [2.75, 3.05) is 11.1 Å². The van der Waals surface area contributed by atoms with Gasteiger partial charge in [0.1, 0.15) is 11.6 Å². The average Bonchev–Trinajstić information content (AvgIpc) is 2.67. The third-order valence-corrected chi connectivity index (χ3v) is 6.98. The second-order valence-corrected chi connectivity index (χ2v) is 10.4. The third kappa shape index (κ3) is 4.20. The van der Waals surface area contributed by atoms with E-state index in [-0.39, 0.29) is 16.4 Å². The Bertz CT molecular complexity index is 1070. The monoisotopic (exact) mass is 438 g/mol. The molecule has 0 amide bonds. The Labute approximate surface area is 191 Å². The van der Waals surface area contributed by atoms with Crippen LogP contribution in [-0.4, -0.2) is 0 Å². The molecule has 0 heterocycles. The quantitative estimate of drug-likeness (QED) is 0.447. The second kappa shape index (κ2) is 8.38. The Hall–Kier alpha value is -2.62. The van der Waals surface area contributed by atoms with E-state index in [1.807, 2.05) is 13.8 Å². The molecule has 0 unspecified atom stereocenters. The summed E-state index contributed by atoms with van der Waals surface area (Å²) in [5, 5.41) is 3.10. The molecule has 3 rings (SSSR count). The molecule has 0 spiro atoms. The Morgan fingerprint density at radius 1 is 1.03 bits per heavy atom. The van der Waals surface area contributed by atoms with E-state index in [1.54, 1.807) is 0 Å². The van der Waals surface area contributed by atoms with Gasteiger partial charge in [0, 0.05) is 28.2 Å². The maximum atomic E-state index is 14.7. The Morgan fingerprint density at radius 2 is 1.59 bits per heavy atom. The van der Waals surface area contributed by atoms with E-state index in [9.17, 15) is 8.78 Å². The lowest BCUT2D eigenvalue weighted by molar-refractivity contribution is 0.333. The summed E-state index contributed by atoms with van der Waals surface area (Å²) < 4.78 is 29.4. The number of nitrogens with two attached hydrogens (primary N) is 1. The van der Waals surface area contributed by atoms with Gasteiger partial charge in [-0.25, -0.2) is 8.78 Å². The van der Waals surface area contributed by atoms with Gasteiger partial charge in [-0.1, -0.05) is 54.2 Å². The zero-order valence-electron chi connectivity index (χ0n) is 20.3. The van der Waals surface area contributed by atoms with Crippen LogP contribution in [0.2, 0.25) is 0 Å². The molecule has 0 fully saturated rings. The van der Waals surface area contributed by atoms with Gasteiger partial charge in [-0.15, -0.1) is 0 Å². The highest BCUT2D eigenvalue weighted by Crippen LogP contribution is 2.50. The first kappa shape index (κ1) is 24.0. The molecular weight excluding hydrogens is 402 g/mol. The summed E-state index contributed by atoms with van der Waals surface area (Å²) in [6.45, 7) is 20.9. The lowest BCUT2D eigenvalue weighted by Crippen LogP contribution is -2.35. The van der Waals surface area contributed by atoms with Crippen molar-refractivity contribution in [1.29, 1.82) is 0 Å². The molecule has 1 aliphatic carbocycles. The van der Waals surface area contributed by atoms with Crippen molar-refractivity contribution < 1.29 is 8.78 Å². The highest BCUT2D eigenvalue weighted by Gasteiger charge is 2.39. The van der Waals surface area contributed by atoms with E-state index >= 15 is 0 Å². The zero-order chi connectivity index (χ0) is 24.0. The fourth-order valence-corrected chi connectivity index (χ4v) is 4.91. The highest BCUT2D eigenvalue weighted by molar-refractivity contribution is 5.82. The first-order valence-electron chi connectivity index (χ1n) is 11.4. The van der Waals surface area contributed by atoms with Crippen LogP contribution in [0, 0.1) is 18.6 Å². The van der Waals surface area contributed by atoms with Crippen LogP contribution in [0.4, 0.5) is 20.2 Å². The summed E-state index contributed by atoms with van der Waals surface area (Å²) in [7, 11) is 0. The second-order valence-electron chi connectivity index (χ2n) is 10.4. The van der Waals surface area contributed by atoms with E-state index in [2.05, 4.69) is 52.2 Å². The van der Waals surface area contributed by atoms with Gasteiger partial charge in [-0.2, -0.15) is 0 Å². The fourth-order valence-electron chi connectivity index (χ4n) is 4.91. The van der Waals surface area contributed by atoms with Gasteiger partial charge in [0.15, 0.2) is 0 Å². The van der Waals surface area contributed by atoms with Crippen LogP contribution in [0.3, 0.4) is 0 Å². The van der Waals surface area contributed by atoms with E-state index < -0.39 is 11.6 Å². The molecule has 0 bridgehead atoms. The molecule has 1 aliphatic rings. The zero-order valence-corrected chi connectivity index (χ0v) is 20.3. The largest absolute Gasteiger partial charge is 0.398 e. The van der Waals surface area contributed by atoms with Crippen molar-refractivity contribution >= 4 is 22.6 Å². The third-order valence-electron chi connectivity index (χ3n) is 6.98. The summed E-state index contributed by atoms with van der Waals surface area (Å²) in [6.07, 6.45) is 3.46. The van der Waals surface area contributed by atoms with Gasteiger partial charge >= 0.3 is 0 Å². The molecule has 2 aromatic rings. The molecule has 0 atom stereocenters. The topological polar surface area (TPSA) is 38.0 Å². The molecule has 0 saturated carbocycles. The van der Waals surface area contributed by atoms with E-state index in [0.29, 0.717) is 23.4 Å². The minimum atomic E-state index is -0.622. The number of allylic oxidation sites excluding steroid dienone is 1. The van der Waals surface area contributed by atoms with Crippen LogP contribution in [0.25, 0.3) is 11.3 Å². The van der Waals surface area contributed by atoms with Crippen molar-refractivity contribution in [2.45, 2.75) is 78.1 Å². The standard InChI is InChI=1S/C28H36F2N2/c1-9-10-16(2)24-22(29)13-19(14-23(24)30)32-18(4)20-15-21-25(26(31)17(20)3)28(7,8)12-11-27(21,5)6/h13-15,32H,2,4,9-12,31H2,1,3,5-8H3. The lowest BCUT2D eigenvalue weighted by atomic mass is 9.62. The molecule has 2 aromatic carbocycles. The highest BCUT2D eigenvalue weighted by atomic mass is 19.1. The number of fused-ring (bicyclic) bond motifs is 1. The van der Waals surface area contributed by atoms with Crippen LogP contribution in [0.5, 0.6) is 0 Å². The van der Waals surface area contributed by atoms with Gasteiger partial charge in [-0.05, 0) is 77.5 Å². The van der Waals surface area contributed by atoms with Crippen LogP contribution in [0.15, 0.2) is 31.4 Å². The number of nitrogen functional groups attached to an aromatic ring is 1. The number of nitrogens with one attached hydrogen (secondary N) is 1. The first-order chi connectivity index (χ1) is 14.8. The van der Waals surface area contributed by atoms with E-state index in [0.717, 1.165) is 36.1 Å². The van der Waals surface area contributed by atoms with Crippen LogP contribution in [0.1, 0.15) is 88.1 Å². The molecule has 32 heavy (non-hydrogen) atoms. The molecule has 0 radical (unpaired) electrons. The number of halogens is 2. The summed E-state index contributed by atoms with van der Waals surface area (Å²) >= 11 is 0. The molecule has 172 valence electrons. The summed E-state index contributed by atoms with van der Waals surface area (Å²) in [6, 6.07) is 4.75. The van der Waals surface area contributed by atoms with Crippen molar-refractivity contribution in [3.8, 4) is 0 Å². The number of anilines is 2. The number of rotatable bonds is 6. The minimum absolute atomic E-state index is 0.00401. The van der Waals surface area contributed by atoms with E-state index in [1.165, 1.54) is 23.3 Å². The Morgan fingerprint density at radius 3 is 2.16 bits per heavy atom. The number of hydrogen-bond acceptors (Lipinski definition) is 2. The van der Waals surface area contributed by atoms with Crippen molar-refractivity contribution in [3.63, 3.8) is 0 Å². The molecule has 0 aliphatic heterocycles. The Balaban J connectivity index is 2.01. The van der Waals surface area contributed by atoms with Crippen molar-refractivity contribution in [2.24, 2.45) is 0 Å². The van der Waals surface area contributed by atoms with Crippen LogP contribution < -0.4 is 11.1 Å². The molecule has 4 heteroatoms. The molecular formula is C28H36F2N2. The SMILES string of the molecule is C=C(Nc1cc(F)c(C(=C)CCC)c(F)c1)c1cc2c(c(N)c1C)C(C)(C)CCC2(C)C.